The summed E-state index contributed by atoms with van der Waals surface area (Å²) in [5.41, 5.74) is 4.81. The molecule has 0 aromatic rings. The molecule has 0 spiro atoms. The molecule has 1 atom stereocenters. The van der Waals surface area contributed by atoms with Crippen molar-refractivity contribution in [2.24, 2.45) is 0 Å². The number of carbonyl (C=O) groups excluding carboxylic acids is 1. The Balaban J connectivity index is 3.58. The molecule has 1 nitrogen and oxygen atoms in total. The first-order valence-corrected chi connectivity index (χ1v) is 13.3. The van der Waals surface area contributed by atoms with E-state index in [0.29, 0.717) is 5.78 Å². The van der Waals surface area contributed by atoms with E-state index in [2.05, 4.69) is 64.3 Å². The van der Waals surface area contributed by atoms with Crippen LogP contribution in [0.15, 0.2) is 60.3 Å². The average molecular weight is 429 g/mol. The van der Waals surface area contributed by atoms with Gasteiger partial charge in [-0.1, -0.05) is 79.1 Å². The van der Waals surface area contributed by atoms with Crippen molar-refractivity contribution in [1.29, 1.82) is 0 Å². The van der Waals surface area contributed by atoms with Gasteiger partial charge in [-0.2, -0.15) is 0 Å². The maximum absolute atomic E-state index is 12.0. The van der Waals surface area contributed by atoms with E-state index >= 15 is 0 Å². The fourth-order valence-corrected chi connectivity index (χ4v) is 4.00. The topological polar surface area (TPSA) is 17.1 Å². The molecule has 0 N–H and O–H groups in total. The van der Waals surface area contributed by atoms with Crippen LogP contribution in [-0.2, 0) is 4.79 Å². The number of hydrogen-bond acceptors (Lipinski definition) is 1. The minimum absolute atomic E-state index is 0.420. The highest BCUT2D eigenvalue weighted by Crippen LogP contribution is 2.20. The van der Waals surface area contributed by atoms with Gasteiger partial charge in [-0.05, 0) is 78.1 Å². The third-order valence-electron chi connectivity index (χ3n) is 5.39. The van der Waals surface area contributed by atoms with Gasteiger partial charge in [0.05, 0.1) is 0 Å². The van der Waals surface area contributed by atoms with Crippen molar-refractivity contribution >= 4 is 16.0 Å². The Bertz CT molecular complexity index is 575. The van der Waals surface area contributed by atoms with E-state index in [4.69, 9.17) is 0 Å². The van der Waals surface area contributed by atoms with E-state index in [9.17, 15) is 4.79 Å². The SMILES string of the molecule is C=C(C=C(C)C)CCCCC(=O)CCCC/C=C/C=C/CCCC(=C)C[C@H]([SiH3])CC. The molecular formula is C28H48OSi. The number of allylic oxidation sites excluding steroid dienone is 8. The summed E-state index contributed by atoms with van der Waals surface area (Å²) in [6.45, 7) is 14.8. The van der Waals surface area contributed by atoms with E-state index < -0.39 is 0 Å². The zero-order chi connectivity index (χ0) is 22.6. The second-order valence-electron chi connectivity index (χ2n) is 9.09. The standard InChI is InChI=1S/C28H48OSi/c1-6-28(30)23-26(5)18-14-12-10-8-7-9-11-13-15-20-27(29)21-17-16-19-25(4)22-24(2)3/h7-10,22,28H,4-6,11-21,23H2,1-3,30H3/b9-7+,10-8+/t28-/m1/s1. The summed E-state index contributed by atoms with van der Waals surface area (Å²) in [4.78, 5) is 12.0. The summed E-state index contributed by atoms with van der Waals surface area (Å²) in [6, 6.07) is 0. The number of carbonyl (C=O) groups is 1. The van der Waals surface area contributed by atoms with Crippen LogP contribution in [0, 0.1) is 0 Å². The lowest BCUT2D eigenvalue weighted by atomic mass is 10.0. The molecule has 0 amide bonds. The first-order valence-electron chi connectivity index (χ1n) is 12.2. The molecule has 0 fully saturated rings. The van der Waals surface area contributed by atoms with Crippen molar-refractivity contribution < 1.29 is 4.79 Å². The number of rotatable bonds is 19. The molecule has 170 valence electrons. The van der Waals surface area contributed by atoms with Gasteiger partial charge in [-0.3, -0.25) is 4.79 Å². The molecule has 30 heavy (non-hydrogen) atoms. The molecule has 0 radical (unpaired) electrons. The van der Waals surface area contributed by atoms with Gasteiger partial charge >= 0.3 is 0 Å². The van der Waals surface area contributed by atoms with E-state index in [1.165, 1.54) is 52.6 Å². The molecule has 0 heterocycles. The zero-order valence-corrected chi connectivity index (χ0v) is 22.5. The quantitative estimate of drug-likeness (QED) is 0.0881. The van der Waals surface area contributed by atoms with Gasteiger partial charge in [-0.15, -0.1) is 0 Å². The third-order valence-corrected chi connectivity index (χ3v) is 6.62. The van der Waals surface area contributed by atoms with E-state index in [1.54, 1.807) is 0 Å². The second kappa shape index (κ2) is 19.5. The number of ketones is 1. The summed E-state index contributed by atoms with van der Waals surface area (Å²) in [5, 5.41) is 0. The molecule has 0 unspecified atom stereocenters. The Morgan fingerprint density at radius 2 is 1.43 bits per heavy atom. The predicted molar refractivity (Wildman–Crippen MR) is 140 cm³/mol. The van der Waals surface area contributed by atoms with Crippen LogP contribution in [0.3, 0.4) is 0 Å². The minimum atomic E-state index is 0.420. The Labute approximate surface area is 190 Å². The van der Waals surface area contributed by atoms with Gasteiger partial charge in [-0.25, -0.2) is 0 Å². The number of unbranched alkanes of at least 4 members (excludes halogenated alkanes) is 4. The highest BCUT2D eigenvalue weighted by atomic mass is 28.1. The van der Waals surface area contributed by atoms with Crippen molar-refractivity contribution in [3.8, 4) is 0 Å². The highest BCUT2D eigenvalue weighted by molar-refractivity contribution is 6.11. The van der Waals surface area contributed by atoms with Crippen LogP contribution in [0.2, 0.25) is 5.54 Å². The van der Waals surface area contributed by atoms with Crippen LogP contribution in [-0.4, -0.2) is 16.0 Å². The molecule has 0 rings (SSSR count). The summed E-state index contributed by atoms with van der Waals surface area (Å²) in [6.07, 6.45) is 24.7. The molecule has 0 bridgehead atoms. The van der Waals surface area contributed by atoms with Crippen molar-refractivity contribution in [2.45, 2.75) is 110 Å². The van der Waals surface area contributed by atoms with E-state index in [0.717, 1.165) is 63.3 Å². The predicted octanol–water partition coefficient (Wildman–Crippen LogP) is 7.99. The maximum atomic E-state index is 12.0. The number of hydrogen-bond donors (Lipinski definition) is 0. The van der Waals surface area contributed by atoms with E-state index in [1.807, 2.05) is 0 Å². The van der Waals surface area contributed by atoms with Crippen LogP contribution in [0.1, 0.15) is 104 Å². The first kappa shape index (κ1) is 28.6. The lowest BCUT2D eigenvalue weighted by Gasteiger charge is -2.10. The van der Waals surface area contributed by atoms with Gasteiger partial charge in [0.25, 0.3) is 0 Å². The molecular weight excluding hydrogens is 380 g/mol. The lowest BCUT2D eigenvalue weighted by Crippen LogP contribution is -1.97. The fourth-order valence-electron chi connectivity index (χ4n) is 3.42. The Morgan fingerprint density at radius 3 is 2.03 bits per heavy atom. The van der Waals surface area contributed by atoms with Crippen LogP contribution < -0.4 is 0 Å². The normalized spacial score (nSPS) is 12.5. The summed E-state index contributed by atoms with van der Waals surface area (Å²) in [5.74, 6) is 0.420. The second-order valence-corrected chi connectivity index (χ2v) is 10.7. The summed E-state index contributed by atoms with van der Waals surface area (Å²) in [7, 11) is 1.29. The van der Waals surface area contributed by atoms with Crippen molar-refractivity contribution in [3.63, 3.8) is 0 Å². The maximum Gasteiger partial charge on any atom is 0.132 e. The molecule has 0 saturated carbocycles. The van der Waals surface area contributed by atoms with Gasteiger partial charge in [0.1, 0.15) is 5.78 Å². The van der Waals surface area contributed by atoms with Gasteiger partial charge < -0.3 is 0 Å². The van der Waals surface area contributed by atoms with Crippen LogP contribution >= 0.6 is 0 Å². The van der Waals surface area contributed by atoms with Crippen molar-refractivity contribution in [1.82, 2.24) is 0 Å². The molecule has 0 aliphatic heterocycles. The molecule has 0 aromatic heterocycles. The molecule has 0 saturated heterocycles. The fraction of sp³-hybridized carbons (Fsp3) is 0.607. The van der Waals surface area contributed by atoms with Crippen molar-refractivity contribution in [3.05, 3.63) is 60.3 Å². The third kappa shape index (κ3) is 19.9. The van der Waals surface area contributed by atoms with Gasteiger partial charge in [0.2, 0.25) is 0 Å². The average Bonchev–Trinajstić information content (AvgIpc) is 2.68. The van der Waals surface area contributed by atoms with Crippen LogP contribution in [0.4, 0.5) is 0 Å². The smallest absolute Gasteiger partial charge is 0.132 e. The summed E-state index contributed by atoms with van der Waals surface area (Å²) < 4.78 is 0. The van der Waals surface area contributed by atoms with Gasteiger partial charge in [0.15, 0.2) is 0 Å². The first-order chi connectivity index (χ1) is 14.3. The van der Waals surface area contributed by atoms with Crippen molar-refractivity contribution in [2.75, 3.05) is 0 Å². The Hall–Kier alpha value is -1.41. The summed E-state index contributed by atoms with van der Waals surface area (Å²) >= 11 is 0. The van der Waals surface area contributed by atoms with Crippen LogP contribution in [0.5, 0.6) is 0 Å². The molecule has 0 aliphatic carbocycles. The Kier molecular flexibility index (Phi) is 18.6. The minimum Gasteiger partial charge on any atom is -0.300 e. The number of Topliss-reactive ketones (excluding diaryl/α,β-unsaturated/α-hetero) is 1. The highest BCUT2D eigenvalue weighted by Gasteiger charge is 2.02. The lowest BCUT2D eigenvalue weighted by molar-refractivity contribution is -0.119. The molecule has 0 aliphatic rings. The largest absolute Gasteiger partial charge is 0.300 e. The monoisotopic (exact) mass is 428 g/mol. The molecule has 0 aromatic carbocycles. The van der Waals surface area contributed by atoms with Gasteiger partial charge in [0, 0.05) is 23.1 Å². The Morgan fingerprint density at radius 1 is 0.867 bits per heavy atom. The van der Waals surface area contributed by atoms with Crippen LogP contribution in [0.25, 0.3) is 0 Å². The molecule has 2 heteroatoms. The van der Waals surface area contributed by atoms with E-state index in [-0.39, 0.29) is 0 Å². The zero-order valence-electron chi connectivity index (χ0n) is 20.5.